The Kier molecular flexibility index (Phi) is 1.49. The summed E-state index contributed by atoms with van der Waals surface area (Å²) < 4.78 is 10.7. The van der Waals surface area contributed by atoms with Crippen LogP contribution < -0.4 is 5.73 Å². The van der Waals surface area contributed by atoms with Crippen LogP contribution in [0.4, 0.5) is 0 Å². The largest absolute Gasteiger partial charge is 0.457 e. The molecule has 0 aromatic heterocycles. The third-order valence-electron chi connectivity index (χ3n) is 2.25. The van der Waals surface area contributed by atoms with Gasteiger partial charge in [0.1, 0.15) is 5.60 Å². The summed E-state index contributed by atoms with van der Waals surface area (Å²) in [7, 11) is 0. The molecule has 2 heterocycles. The summed E-state index contributed by atoms with van der Waals surface area (Å²) in [5.41, 5.74) is 5.32. The SMILES string of the molecule is NC1=NCC2(CCOCC2)O1. The van der Waals surface area contributed by atoms with E-state index in [0.717, 1.165) is 26.1 Å². The Morgan fingerprint density at radius 2 is 2.09 bits per heavy atom. The van der Waals surface area contributed by atoms with Gasteiger partial charge in [0.2, 0.25) is 0 Å². The molecule has 2 aliphatic heterocycles. The molecule has 2 aliphatic rings. The maximum atomic E-state index is 5.44. The van der Waals surface area contributed by atoms with Crippen LogP contribution in [0.3, 0.4) is 0 Å². The maximum Gasteiger partial charge on any atom is 0.282 e. The normalized spacial score (nSPS) is 28.2. The first-order valence-electron chi connectivity index (χ1n) is 3.87. The van der Waals surface area contributed by atoms with Crippen molar-refractivity contribution in [1.29, 1.82) is 0 Å². The summed E-state index contributed by atoms with van der Waals surface area (Å²) in [6, 6.07) is 0.340. The molecule has 4 heteroatoms. The zero-order valence-corrected chi connectivity index (χ0v) is 6.38. The Balaban J connectivity index is 2.01. The smallest absolute Gasteiger partial charge is 0.282 e. The molecular weight excluding hydrogens is 144 g/mol. The van der Waals surface area contributed by atoms with E-state index in [1.165, 1.54) is 0 Å². The lowest BCUT2D eigenvalue weighted by atomic mass is 9.95. The summed E-state index contributed by atoms with van der Waals surface area (Å²) in [4.78, 5) is 4.03. The van der Waals surface area contributed by atoms with Crippen LogP contribution in [-0.2, 0) is 9.47 Å². The molecule has 1 fully saturated rings. The molecule has 11 heavy (non-hydrogen) atoms. The number of nitrogens with two attached hydrogens (primary N) is 1. The second-order valence-electron chi connectivity index (χ2n) is 3.05. The summed E-state index contributed by atoms with van der Waals surface area (Å²) in [6.45, 7) is 2.24. The number of hydrogen-bond donors (Lipinski definition) is 1. The maximum absolute atomic E-state index is 5.44. The Labute approximate surface area is 65.4 Å². The topological polar surface area (TPSA) is 56.8 Å². The van der Waals surface area contributed by atoms with Gasteiger partial charge in [-0.2, -0.15) is 0 Å². The van der Waals surface area contributed by atoms with E-state index in [2.05, 4.69) is 4.99 Å². The van der Waals surface area contributed by atoms with Crippen LogP contribution in [0.25, 0.3) is 0 Å². The zero-order valence-electron chi connectivity index (χ0n) is 6.38. The fourth-order valence-electron chi connectivity index (χ4n) is 1.51. The van der Waals surface area contributed by atoms with Gasteiger partial charge in [0.05, 0.1) is 19.8 Å². The Hall–Kier alpha value is -0.770. The van der Waals surface area contributed by atoms with Crippen molar-refractivity contribution in [3.05, 3.63) is 0 Å². The highest BCUT2D eigenvalue weighted by Crippen LogP contribution is 2.28. The van der Waals surface area contributed by atoms with Gasteiger partial charge in [-0.15, -0.1) is 0 Å². The minimum Gasteiger partial charge on any atom is -0.457 e. The van der Waals surface area contributed by atoms with Crippen LogP contribution in [0.15, 0.2) is 4.99 Å². The fraction of sp³-hybridized carbons (Fsp3) is 0.857. The second kappa shape index (κ2) is 2.37. The quantitative estimate of drug-likeness (QED) is 0.532. The summed E-state index contributed by atoms with van der Waals surface area (Å²) in [6.07, 6.45) is 1.83. The summed E-state index contributed by atoms with van der Waals surface area (Å²) in [5.74, 6) is 0. The van der Waals surface area contributed by atoms with E-state index in [-0.39, 0.29) is 5.60 Å². The molecule has 0 aromatic rings. The van der Waals surface area contributed by atoms with Gasteiger partial charge >= 0.3 is 0 Å². The standard InChI is InChI=1S/C7H12N2O2/c8-6-9-5-7(11-6)1-3-10-4-2-7/h1-5H2,(H2,8,9). The van der Waals surface area contributed by atoms with Gasteiger partial charge in [-0.25, -0.2) is 4.99 Å². The van der Waals surface area contributed by atoms with Crippen molar-refractivity contribution in [3.8, 4) is 0 Å². The first-order valence-corrected chi connectivity index (χ1v) is 3.87. The lowest BCUT2D eigenvalue weighted by molar-refractivity contribution is -0.0367. The molecule has 0 saturated carbocycles. The zero-order chi connectivity index (χ0) is 7.73. The lowest BCUT2D eigenvalue weighted by Gasteiger charge is -2.31. The molecule has 4 nitrogen and oxygen atoms in total. The molecule has 2 N–H and O–H groups in total. The third kappa shape index (κ3) is 1.18. The van der Waals surface area contributed by atoms with Crippen LogP contribution in [0.2, 0.25) is 0 Å². The Bertz CT molecular complexity index is 185. The van der Waals surface area contributed by atoms with Crippen molar-refractivity contribution in [3.63, 3.8) is 0 Å². The predicted octanol–water partition coefficient (Wildman–Crippen LogP) is -0.120. The van der Waals surface area contributed by atoms with Crippen LogP contribution in [0.5, 0.6) is 0 Å². The van der Waals surface area contributed by atoms with Gasteiger partial charge in [-0.1, -0.05) is 0 Å². The van der Waals surface area contributed by atoms with Crippen molar-refractivity contribution in [1.82, 2.24) is 0 Å². The molecule has 1 spiro atoms. The van der Waals surface area contributed by atoms with E-state index in [9.17, 15) is 0 Å². The van der Waals surface area contributed by atoms with Gasteiger partial charge in [0.25, 0.3) is 6.02 Å². The van der Waals surface area contributed by atoms with E-state index >= 15 is 0 Å². The van der Waals surface area contributed by atoms with Crippen molar-refractivity contribution >= 4 is 6.02 Å². The molecule has 1 saturated heterocycles. The minimum absolute atomic E-state index is 0.109. The minimum atomic E-state index is -0.109. The van der Waals surface area contributed by atoms with Gasteiger partial charge in [-0.05, 0) is 0 Å². The Morgan fingerprint density at radius 3 is 2.64 bits per heavy atom. The molecule has 2 rings (SSSR count). The van der Waals surface area contributed by atoms with Crippen molar-refractivity contribution < 1.29 is 9.47 Å². The first-order chi connectivity index (χ1) is 5.31. The fourth-order valence-corrected chi connectivity index (χ4v) is 1.51. The van der Waals surface area contributed by atoms with Crippen molar-refractivity contribution in [2.45, 2.75) is 18.4 Å². The van der Waals surface area contributed by atoms with Crippen LogP contribution in [-0.4, -0.2) is 31.4 Å². The Morgan fingerprint density at radius 1 is 1.36 bits per heavy atom. The van der Waals surface area contributed by atoms with Crippen molar-refractivity contribution in [2.75, 3.05) is 19.8 Å². The molecule has 62 valence electrons. The monoisotopic (exact) mass is 156 g/mol. The van der Waals surface area contributed by atoms with E-state index in [4.69, 9.17) is 15.2 Å². The van der Waals surface area contributed by atoms with Crippen molar-refractivity contribution in [2.24, 2.45) is 10.7 Å². The van der Waals surface area contributed by atoms with Crippen LogP contribution >= 0.6 is 0 Å². The van der Waals surface area contributed by atoms with Gasteiger partial charge in [0.15, 0.2) is 0 Å². The molecule has 0 bridgehead atoms. The number of nitrogens with zero attached hydrogens (tertiary/aromatic N) is 1. The molecular formula is C7H12N2O2. The number of rotatable bonds is 0. The average molecular weight is 156 g/mol. The predicted molar refractivity (Wildman–Crippen MR) is 40.4 cm³/mol. The molecule has 0 aromatic carbocycles. The number of aliphatic imine (C=N–C) groups is 1. The first kappa shape index (κ1) is 6.91. The third-order valence-corrected chi connectivity index (χ3v) is 2.25. The second-order valence-corrected chi connectivity index (χ2v) is 3.05. The highest BCUT2D eigenvalue weighted by atomic mass is 16.5. The lowest BCUT2D eigenvalue weighted by Crippen LogP contribution is -2.40. The summed E-state index contributed by atoms with van der Waals surface area (Å²) in [5, 5.41) is 0. The highest BCUT2D eigenvalue weighted by Gasteiger charge is 2.38. The highest BCUT2D eigenvalue weighted by molar-refractivity contribution is 5.73. The number of ether oxygens (including phenoxy) is 2. The van der Waals surface area contributed by atoms with E-state index in [0.29, 0.717) is 12.6 Å². The molecule has 0 atom stereocenters. The average Bonchev–Trinajstić information content (AvgIpc) is 2.34. The molecule has 0 amide bonds. The van der Waals surface area contributed by atoms with Gasteiger partial charge in [-0.3, -0.25) is 0 Å². The van der Waals surface area contributed by atoms with E-state index < -0.39 is 0 Å². The number of amidine groups is 1. The molecule has 0 radical (unpaired) electrons. The molecule has 0 aliphatic carbocycles. The van der Waals surface area contributed by atoms with Gasteiger partial charge in [0, 0.05) is 12.8 Å². The van der Waals surface area contributed by atoms with E-state index in [1.54, 1.807) is 0 Å². The summed E-state index contributed by atoms with van der Waals surface area (Å²) >= 11 is 0. The van der Waals surface area contributed by atoms with Gasteiger partial charge < -0.3 is 15.2 Å². The van der Waals surface area contributed by atoms with Crippen LogP contribution in [0, 0.1) is 0 Å². The van der Waals surface area contributed by atoms with Crippen LogP contribution in [0.1, 0.15) is 12.8 Å². The van der Waals surface area contributed by atoms with E-state index in [1.807, 2.05) is 0 Å². The number of hydrogen-bond acceptors (Lipinski definition) is 4. The molecule has 0 unspecified atom stereocenters.